The molecule has 2 nitrogen and oxygen atoms in total. The molecule has 1 aromatic rings. The highest BCUT2D eigenvalue weighted by atomic mass is 31.2. The van der Waals surface area contributed by atoms with Crippen molar-refractivity contribution >= 4 is 7.68 Å². The molecule has 0 aliphatic rings. The highest BCUT2D eigenvalue weighted by molar-refractivity contribution is 7.51. The summed E-state index contributed by atoms with van der Waals surface area (Å²) in [6, 6.07) is 8.39. The maximum Gasteiger partial charge on any atom is 0.369 e. The number of hydrogen-bond acceptors (Lipinski definition) is 1. The predicted molar refractivity (Wildman–Crippen MR) is 57.0 cm³/mol. The molecule has 0 saturated heterocycles. The monoisotopic (exact) mass is 218 g/mol. The molecule has 14 heavy (non-hydrogen) atoms. The van der Waals surface area contributed by atoms with Gasteiger partial charge in [-0.05, 0) is 5.56 Å². The van der Waals surface area contributed by atoms with Gasteiger partial charge in [-0.1, -0.05) is 50.6 Å². The van der Waals surface area contributed by atoms with Gasteiger partial charge in [-0.15, -0.1) is 0 Å². The van der Waals surface area contributed by atoms with Gasteiger partial charge in [0.15, 0.2) is 0 Å². The Kier molecular flexibility index (Phi) is 6.43. The Labute approximate surface area is 84.4 Å². The largest absolute Gasteiger partial charge is 0.369 e. The Morgan fingerprint density at radius 1 is 1.29 bits per heavy atom. The summed E-state index contributed by atoms with van der Waals surface area (Å²) in [5.41, 5.74) is 0.542. The molecule has 0 radical (unpaired) electrons. The molecular weight excluding hydrogens is 202 g/mol. The fourth-order valence-corrected chi connectivity index (χ4v) is 1.47. The van der Waals surface area contributed by atoms with E-state index in [2.05, 4.69) is 13.8 Å². The van der Waals surface area contributed by atoms with Gasteiger partial charge in [-0.3, -0.25) is 4.57 Å². The minimum atomic E-state index is -4.39. The highest BCUT2D eigenvalue weighted by Crippen LogP contribution is 2.45. The van der Waals surface area contributed by atoms with Crippen molar-refractivity contribution < 1.29 is 13.7 Å². The van der Waals surface area contributed by atoms with Gasteiger partial charge in [0.05, 0.1) is 6.16 Å². The third kappa shape index (κ3) is 7.96. The van der Waals surface area contributed by atoms with E-state index in [0.29, 0.717) is 5.56 Å². The lowest BCUT2D eigenvalue weighted by molar-refractivity contribution is 0.428. The molecule has 0 saturated carbocycles. The summed E-state index contributed by atoms with van der Waals surface area (Å²) >= 11 is 0. The van der Waals surface area contributed by atoms with Crippen LogP contribution in [0, 0.1) is 0 Å². The van der Waals surface area contributed by atoms with Crippen LogP contribution in [-0.2, 0) is 10.7 Å². The summed E-state index contributed by atoms with van der Waals surface area (Å²) in [6.07, 6.45) is 0.855. The van der Waals surface area contributed by atoms with Crippen LogP contribution in [0.15, 0.2) is 30.3 Å². The van der Waals surface area contributed by atoms with Gasteiger partial charge in [0.25, 0.3) is 0 Å². The predicted octanol–water partition coefficient (Wildman–Crippen LogP) is 3.76. The molecule has 0 spiro atoms. The van der Waals surface area contributed by atoms with Crippen LogP contribution < -0.4 is 0 Å². The number of halogens is 1. The van der Waals surface area contributed by atoms with Crippen molar-refractivity contribution in [2.45, 2.75) is 26.4 Å². The maximum atomic E-state index is 12.2. The molecule has 80 valence electrons. The van der Waals surface area contributed by atoms with E-state index in [1.54, 1.807) is 30.3 Å². The molecule has 0 fully saturated rings. The fraction of sp³-hybridized carbons (Fsp3) is 0.400. The molecule has 1 atom stereocenters. The van der Waals surface area contributed by atoms with Crippen LogP contribution in [0.25, 0.3) is 0 Å². The van der Waals surface area contributed by atoms with E-state index < -0.39 is 13.8 Å². The second kappa shape index (κ2) is 6.74. The lowest BCUT2D eigenvalue weighted by atomic mass is 10.2. The van der Waals surface area contributed by atoms with Crippen molar-refractivity contribution in [1.82, 2.24) is 0 Å². The quantitative estimate of drug-likeness (QED) is 0.767. The third-order valence-corrected chi connectivity index (χ3v) is 1.98. The minimum absolute atomic E-state index is 0.395. The van der Waals surface area contributed by atoms with E-state index in [-0.39, 0.29) is 0 Å². The molecule has 0 aromatic heterocycles. The summed E-state index contributed by atoms with van der Waals surface area (Å²) in [7, 11) is -4.39. The molecule has 1 aromatic carbocycles. The number of hydrogen-bond donors (Lipinski definition) is 1. The summed E-state index contributed by atoms with van der Waals surface area (Å²) in [4.78, 5) is 8.36. The third-order valence-electron chi connectivity index (χ3n) is 1.22. The first-order chi connectivity index (χ1) is 6.49. The Hall–Kier alpha value is -0.660. The smallest absolute Gasteiger partial charge is 0.321 e. The maximum absolute atomic E-state index is 12.2. The summed E-state index contributed by atoms with van der Waals surface area (Å²) in [5.74, 6) is 0. The van der Waals surface area contributed by atoms with Gasteiger partial charge < -0.3 is 4.89 Å². The molecule has 1 unspecified atom stereocenters. The average Bonchev–Trinajstić information content (AvgIpc) is 2.04. The highest BCUT2D eigenvalue weighted by Gasteiger charge is 2.15. The van der Waals surface area contributed by atoms with Crippen LogP contribution in [0.2, 0.25) is 0 Å². The van der Waals surface area contributed by atoms with Gasteiger partial charge in [-0.2, -0.15) is 4.20 Å². The average molecular weight is 218 g/mol. The van der Waals surface area contributed by atoms with Gasteiger partial charge in [0.2, 0.25) is 0 Å². The Balaban J connectivity index is 0.000000500. The van der Waals surface area contributed by atoms with Crippen LogP contribution in [0.5, 0.6) is 0 Å². The molecule has 4 heteroatoms. The summed E-state index contributed by atoms with van der Waals surface area (Å²) in [5, 5.41) is 0. The van der Waals surface area contributed by atoms with E-state index in [1.807, 2.05) is 0 Å². The van der Waals surface area contributed by atoms with Crippen LogP contribution in [-0.4, -0.2) is 4.89 Å². The molecule has 0 bridgehead atoms. The molecule has 1 N–H and O–H groups in total. The lowest BCUT2D eigenvalue weighted by Gasteiger charge is -1.99. The number of benzene rings is 1. The zero-order valence-corrected chi connectivity index (χ0v) is 9.38. The molecule has 0 aliphatic carbocycles. The second-order valence-electron chi connectivity index (χ2n) is 2.97. The fourth-order valence-electron chi connectivity index (χ4n) is 0.809. The van der Waals surface area contributed by atoms with Crippen molar-refractivity contribution in [2.75, 3.05) is 0 Å². The van der Waals surface area contributed by atoms with Gasteiger partial charge >= 0.3 is 7.68 Å². The van der Waals surface area contributed by atoms with Gasteiger partial charge in [0.1, 0.15) is 0 Å². The molecule has 0 amide bonds. The molecule has 1 rings (SSSR count). The Morgan fingerprint density at radius 2 is 1.71 bits per heavy atom. The Morgan fingerprint density at radius 3 is 2.07 bits per heavy atom. The summed E-state index contributed by atoms with van der Waals surface area (Å²) in [6.45, 7) is 4.25. The van der Waals surface area contributed by atoms with Crippen LogP contribution in [0.1, 0.15) is 25.8 Å². The molecule has 0 aliphatic heterocycles. The number of rotatable bonds is 2. The second-order valence-corrected chi connectivity index (χ2v) is 4.52. The first-order valence-corrected chi connectivity index (χ1v) is 6.28. The normalized spacial score (nSPS) is 13.7. The lowest BCUT2D eigenvalue weighted by Crippen LogP contribution is -1.81. The van der Waals surface area contributed by atoms with Crippen LogP contribution in [0.3, 0.4) is 0 Å². The minimum Gasteiger partial charge on any atom is -0.321 e. The van der Waals surface area contributed by atoms with E-state index in [9.17, 15) is 8.76 Å². The van der Waals surface area contributed by atoms with Crippen molar-refractivity contribution in [2.24, 2.45) is 0 Å². The topological polar surface area (TPSA) is 37.3 Å². The standard InChI is InChI=1S/C7H8FO2P.C3H8/c8-11(9,10)6-7-4-2-1-3-5-7;1-3-2/h1-5H,6H2,(H,9,10);3H2,1-2H3. The van der Waals surface area contributed by atoms with E-state index >= 15 is 0 Å². The Bertz CT molecular complexity index is 281. The van der Waals surface area contributed by atoms with Crippen molar-refractivity contribution in [3.05, 3.63) is 35.9 Å². The van der Waals surface area contributed by atoms with E-state index in [1.165, 1.54) is 6.42 Å². The van der Waals surface area contributed by atoms with Crippen molar-refractivity contribution in [1.29, 1.82) is 0 Å². The zero-order chi connectivity index (χ0) is 11.0. The van der Waals surface area contributed by atoms with Crippen LogP contribution >= 0.6 is 7.68 Å². The van der Waals surface area contributed by atoms with Crippen molar-refractivity contribution in [3.63, 3.8) is 0 Å². The van der Waals surface area contributed by atoms with Crippen molar-refractivity contribution in [3.8, 4) is 0 Å². The molecule has 0 heterocycles. The van der Waals surface area contributed by atoms with E-state index in [0.717, 1.165) is 0 Å². The van der Waals surface area contributed by atoms with Crippen LogP contribution in [0.4, 0.5) is 4.20 Å². The molecular formula is C10H16FO2P. The van der Waals surface area contributed by atoms with E-state index in [4.69, 9.17) is 4.89 Å². The first-order valence-electron chi connectivity index (χ1n) is 4.55. The van der Waals surface area contributed by atoms with Gasteiger partial charge in [0, 0.05) is 0 Å². The van der Waals surface area contributed by atoms with Gasteiger partial charge in [-0.25, -0.2) is 0 Å². The SMILES string of the molecule is CCC.O=P(O)(F)Cc1ccccc1. The first kappa shape index (κ1) is 13.3. The zero-order valence-electron chi connectivity index (χ0n) is 8.48. The summed E-state index contributed by atoms with van der Waals surface area (Å²) < 4.78 is 22.5.